The second-order valence-electron chi connectivity index (χ2n) is 8.59. The summed E-state index contributed by atoms with van der Waals surface area (Å²) in [7, 11) is 0. The van der Waals surface area contributed by atoms with Crippen LogP contribution in [0.4, 0.5) is 10.1 Å². The summed E-state index contributed by atoms with van der Waals surface area (Å²) < 4.78 is 21.2. The minimum atomic E-state index is -1.08. The number of carbonyl (C=O) groups excluding carboxylic acids is 2. The van der Waals surface area contributed by atoms with Crippen LogP contribution in [-0.2, 0) is 22.7 Å². The molecule has 2 amide bonds. The van der Waals surface area contributed by atoms with Gasteiger partial charge in [-0.3, -0.25) is 14.5 Å². The number of aryl methyl sites for hydroxylation is 1. The zero-order valence-electron chi connectivity index (χ0n) is 20.0. The Morgan fingerprint density at radius 1 is 1.03 bits per heavy atom. The van der Waals surface area contributed by atoms with Gasteiger partial charge in [-0.25, -0.2) is 9.07 Å². The molecule has 0 saturated heterocycles. The molecule has 186 valence electrons. The third-order valence-corrected chi connectivity index (χ3v) is 5.98. The van der Waals surface area contributed by atoms with Gasteiger partial charge in [0, 0.05) is 5.69 Å². The number of nitrogens with zero attached hydrogens (tertiary/aromatic N) is 4. The van der Waals surface area contributed by atoms with Crippen molar-refractivity contribution >= 4 is 28.5 Å². The molecule has 8 nitrogen and oxygen atoms in total. The molecule has 37 heavy (non-hydrogen) atoms. The van der Waals surface area contributed by atoms with E-state index in [4.69, 9.17) is 4.42 Å². The Kier molecular flexibility index (Phi) is 6.76. The first-order valence-electron chi connectivity index (χ1n) is 11.7. The highest BCUT2D eigenvalue weighted by Gasteiger charge is 2.33. The number of para-hydroxylation sites is 1. The lowest BCUT2D eigenvalue weighted by atomic mass is 10.0. The maximum absolute atomic E-state index is 14.4. The first kappa shape index (κ1) is 23.9. The van der Waals surface area contributed by atoms with Crippen molar-refractivity contribution in [1.29, 1.82) is 0 Å². The Balaban J connectivity index is 1.56. The third kappa shape index (κ3) is 5.25. The predicted molar refractivity (Wildman–Crippen MR) is 136 cm³/mol. The second-order valence-corrected chi connectivity index (χ2v) is 8.59. The molecule has 0 radical (unpaired) electrons. The maximum atomic E-state index is 14.4. The monoisotopic (exact) mass is 497 g/mol. The summed E-state index contributed by atoms with van der Waals surface area (Å²) >= 11 is 0. The molecule has 5 rings (SSSR count). The molecule has 3 aromatic carbocycles. The molecule has 1 N–H and O–H groups in total. The first-order valence-corrected chi connectivity index (χ1v) is 11.7. The summed E-state index contributed by atoms with van der Waals surface area (Å²) in [6.45, 7) is 1.86. The van der Waals surface area contributed by atoms with Crippen LogP contribution in [0, 0.1) is 12.7 Å². The quantitative estimate of drug-likeness (QED) is 0.339. The lowest BCUT2D eigenvalue weighted by Gasteiger charge is -2.31. The summed E-state index contributed by atoms with van der Waals surface area (Å²) in [4.78, 5) is 28.9. The summed E-state index contributed by atoms with van der Waals surface area (Å²) in [5.74, 6) is -0.866. The van der Waals surface area contributed by atoms with Gasteiger partial charge in [0.25, 0.3) is 0 Å². The second kappa shape index (κ2) is 10.4. The number of anilines is 1. The number of halogens is 1. The van der Waals surface area contributed by atoms with E-state index < -0.39 is 23.7 Å². The minimum Gasteiger partial charge on any atom is -0.467 e. The predicted octanol–water partition coefficient (Wildman–Crippen LogP) is 4.56. The van der Waals surface area contributed by atoms with Crippen molar-refractivity contribution in [3.05, 3.63) is 114 Å². The van der Waals surface area contributed by atoms with Gasteiger partial charge in [0.1, 0.15) is 29.7 Å². The number of benzene rings is 3. The number of amides is 2. The highest BCUT2D eigenvalue weighted by molar-refractivity contribution is 6.01. The van der Waals surface area contributed by atoms with E-state index >= 15 is 0 Å². The van der Waals surface area contributed by atoms with Crippen molar-refractivity contribution in [3.63, 3.8) is 0 Å². The smallest absolute Gasteiger partial charge is 0.249 e. The van der Waals surface area contributed by atoms with Crippen molar-refractivity contribution in [2.45, 2.75) is 26.1 Å². The third-order valence-electron chi connectivity index (χ3n) is 5.98. The van der Waals surface area contributed by atoms with Gasteiger partial charge in [-0.05, 0) is 55.0 Å². The number of rotatable bonds is 8. The lowest BCUT2D eigenvalue weighted by molar-refractivity contribution is -0.127. The topological polar surface area (TPSA) is 93.3 Å². The molecule has 0 aliphatic heterocycles. The molecular formula is C28H24FN5O3. The maximum Gasteiger partial charge on any atom is 0.249 e. The number of carbonyl (C=O) groups is 2. The Labute approximate surface area is 212 Å². The van der Waals surface area contributed by atoms with Gasteiger partial charge in [-0.2, -0.15) is 0 Å². The molecule has 0 aliphatic carbocycles. The lowest BCUT2D eigenvalue weighted by Crippen LogP contribution is -2.45. The first-order chi connectivity index (χ1) is 18.0. The van der Waals surface area contributed by atoms with Gasteiger partial charge in [-0.15, -0.1) is 5.10 Å². The molecule has 0 aliphatic rings. The Morgan fingerprint density at radius 3 is 2.59 bits per heavy atom. The highest BCUT2D eigenvalue weighted by atomic mass is 19.1. The largest absolute Gasteiger partial charge is 0.467 e. The normalized spacial score (nSPS) is 11.8. The van der Waals surface area contributed by atoms with Gasteiger partial charge in [0.15, 0.2) is 0 Å². The van der Waals surface area contributed by atoms with Crippen molar-refractivity contribution in [3.8, 4) is 0 Å². The van der Waals surface area contributed by atoms with Crippen molar-refractivity contribution in [2.24, 2.45) is 0 Å². The van der Waals surface area contributed by atoms with Gasteiger partial charge in [0.2, 0.25) is 11.8 Å². The van der Waals surface area contributed by atoms with Crippen molar-refractivity contribution in [1.82, 2.24) is 20.3 Å². The number of aromatic nitrogens is 3. The molecule has 0 fully saturated rings. The Bertz CT molecular complexity index is 1530. The number of fused-ring (bicyclic) bond motifs is 1. The molecule has 2 aromatic heterocycles. The standard InChI is InChI=1S/C28H24FN5O3/c1-19-11-13-20(14-12-19)27(28(36)30-17-23-8-5-15-37-23)34(22-7-4-6-21(29)16-22)26(35)18-33-25-10-3-2-9-24(25)31-32-33/h2-16,27H,17-18H2,1H3,(H,30,36)/t27-/m1/s1. The van der Waals surface area contributed by atoms with Crippen LogP contribution in [-0.4, -0.2) is 26.8 Å². The van der Waals surface area contributed by atoms with E-state index in [9.17, 15) is 14.0 Å². The Morgan fingerprint density at radius 2 is 1.84 bits per heavy atom. The fraction of sp³-hybridized carbons (Fsp3) is 0.143. The Hall–Kier alpha value is -4.79. The zero-order chi connectivity index (χ0) is 25.8. The summed E-state index contributed by atoms with van der Waals surface area (Å²) in [5, 5.41) is 11.1. The number of hydrogen-bond donors (Lipinski definition) is 1. The molecule has 0 bridgehead atoms. The van der Waals surface area contributed by atoms with Crippen LogP contribution in [0.2, 0.25) is 0 Å². The van der Waals surface area contributed by atoms with E-state index in [0.29, 0.717) is 22.4 Å². The van der Waals surface area contributed by atoms with Crippen LogP contribution < -0.4 is 10.2 Å². The summed E-state index contributed by atoms with van der Waals surface area (Å²) in [6.07, 6.45) is 1.52. The average molecular weight is 498 g/mol. The fourth-order valence-electron chi connectivity index (χ4n) is 4.15. The number of nitrogens with one attached hydrogen (secondary N) is 1. The van der Waals surface area contributed by atoms with Gasteiger partial charge in [-0.1, -0.05) is 53.2 Å². The molecule has 2 heterocycles. The van der Waals surface area contributed by atoms with E-state index in [1.807, 2.05) is 37.3 Å². The van der Waals surface area contributed by atoms with E-state index in [1.165, 1.54) is 34.0 Å². The van der Waals surface area contributed by atoms with Crippen LogP contribution in [0.25, 0.3) is 11.0 Å². The molecule has 0 spiro atoms. The number of furan rings is 1. The van der Waals surface area contributed by atoms with E-state index in [-0.39, 0.29) is 18.8 Å². The highest BCUT2D eigenvalue weighted by Crippen LogP contribution is 2.29. The van der Waals surface area contributed by atoms with Gasteiger partial charge < -0.3 is 9.73 Å². The van der Waals surface area contributed by atoms with Crippen LogP contribution in [0.5, 0.6) is 0 Å². The zero-order valence-corrected chi connectivity index (χ0v) is 20.0. The SMILES string of the molecule is Cc1ccc([C@H](C(=O)NCc2ccco2)N(C(=O)Cn2nnc3ccccc32)c2cccc(F)c2)cc1. The minimum absolute atomic E-state index is 0.132. The van der Waals surface area contributed by atoms with Crippen molar-refractivity contribution < 1.29 is 18.4 Å². The van der Waals surface area contributed by atoms with E-state index in [0.717, 1.165) is 5.56 Å². The molecule has 5 aromatic rings. The number of hydrogen-bond acceptors (Lipinski definition) is 5. The molecule has 1 atom stereocenters. The van der Waals surface area contributed by atoms with Crippen LogP contribution in [0.3, 0.4) is 0 Å². The molecule has 0 saturated carbocycles. The van der Waals surface area contributed by atoms with Crippen molar-refractivity contribution in [2.75, 3.05) is 4.90 Å². The van der Waals surface area contributed by atoms with Crippen LogP contribution >= 0.6 is 0 Å². The summed E-state index contributed by atoms with van der Waals surface area (Å²) in [5.41, 5.74) is 3.12. The van der Waals surface area contributed by atoms with Gasteiger partial charge in [0.05, 0.1) is 18.3 Å². The van der Waals surface area contributed by atoms with Gasteiger partial charge >= 0.3 is 0 Å². The van der Waals surface area contributed by atoms with Crippen LogP contribution in [0.15, 0.2) is 95.6 Å². The molecular weight excluding hydrogens is 473 g/mol. The summed E-state index contributed by atoms with van der Waals surface area (Å²) in [6, 6.07) is 22.6. The molecule has 0 unspecified atom stereocenters. The van der Waals surface area contributed by atoms with E-state index in [1.54, 1.807) is 36.4 Å². The molecule has 9 heteroatoms. The average Bonchev–Trinajstić information content (AvgIpc) is 3.57. The van der Waals surface area contributed by atoms with Crippen LogP contribution in [0.1, 0.15) is 22.9 Å². The van der Waals surface area contributed by atoms with E-state index in [2.05, 4.69) is 15.6 Å². The fourth-order valence-corrected chi connectivity index (χ4v) is 4.15.